The van der Waals surface area contributed by atoms with Gasteiger partial charge in [0.1, 0.15) is 28.6 Å². The summed E-state index contributed by atoms with van der Waals surface area (Å²) in [5.41, 5.74) is 1.12. The second kappa shape index (κ2) is 9.69. The van der Waals surface area contributed by atoms with E-state index >= 15 is 0 Å². The number of halogens is 1. The Balaban J connectivity index is 1.33. The largest absolute Gasteiger partial charge is 0.493 e. The molecule has 0 saturated carbocycles. The van der Waals surface area contributed by atoms with Crippen molar-refractivity contribution in [2.75, 3.05) is 24.6 Å². The Labute approximate surface area is 200 Å². The molecule has 1 aliphatic heterocycles. The average molecular weight is 479 g/mol. The van der Waals surface area contributed by atoms with Crippen LogP contribution in [0.2, 0.25) is 0 Å². The minimum Gasteiger partial charge on any atom is -0.493 e. The normalized spacial score (nSPS) is 12.9. The third-order valence-corrected chi connectivity index (χ3v) is 6.29. The van der Waals surface area contributed by atoms with Gasteiger partial charge in [0.25, 0.3) is 5.91 Å². The lowest BCUT2D eigenvalue weighted by atomic mass is 10.1. The predicted molar refractivity (Wildman–Crippen MR) is 130 cm³/mol. The van der Waals surface area contributed by atoms with Crippen LogP contribution in [0.5, 0.6) is 17.2 Å². The number of amides is 1. The average Bonchev–Trinajstić information content (AvgIpc) is 3.24. The minimum absolute atomic E-state index is 0.0387. The van der Waals surface area contributed by atoms with Gasteiger partial charge in [-0.3, -0.25) is 9.52 Å². The Hall–Kier alpha value is -3.65. The zero-order valence-electron chi connectivity index (χ0n) is 18.5. The van der Waals surface area contributed by atoms with Crippen LogP contribution in [0.4, 0.5) is 10.1 Å². The second-order valence-electron chi connectivity index (χ2n) is 7.78. The Morgan fingerprint density at radius 2 is 1.91 bits per heavy atom. The number of ether oxygens (including phenoxy) is 2. The molecule has 2 heterocycles. The standard InChI is InChI=1S/C26H23FN2O4S/c1-2-31-22-10-9-19(32-18-7-4-3-5-8-18)15-25(22)34-28-26(30)24-16-20-21(27)13-17(14-23(20)33-24)29-11-6-12-29/h3-5,7-10,13-16H,2,6,11-12H2,1H3,(H,28,30). The molecule has 1 saturated heterocycles. The van der Waals surface area contributed by atoms with Crippen LogP contribution < -0.4 is 19.1 Å². The number of anilines is 1. The fourth-order valence-corrected chi connectivity index (χ4v) is 4.34. The number of carbonyl (C=O) groups excluding carboxylic acids is 1. The Morgan fingerprint density at radius 1 is 1.09 bits per heavy atom. The maximum Gasteiger partial charge on any atom is 0.297 e. The number of nitrogens with one attached hydrogen (secondary N) is 1. The number of carbonyl (C=O) groups is 1. The van der Waals surface area contributed by atoms with Gasteiger partial charge in [-0.25, -0.2) is 4.39 Å². The van der Waals surface area contributed by atoms with Crippen LogP contribution in [-0.4, -0.2) is 25.6 Å². The molecule has 1 aromatic heterocycles. The van der Waals surface area contributed by atoms with E-state index in [1.165, 1.54) is 12.1 Å². The van der Waals surface area contributed by atoms with Gasteiger partial charge < -0.3 is 18.8 Å². The summed E-state index contributed by atoms with van der Waals surface area (Å²) in [4.78, 5) is 15.5. The van der Waals surface area contributed by atoms with Crippen LogP contribution in [0, 0.1) is 5.82 Å². The highest BCUT2D eigenvalue weighted by molar-refractivity contribution is 7.98. The van der Waals surface area contributed by atoms with Gasteiger partial charge in [0, 0.05) is 30.9 Å². The van der Waals surface area contributed by atoms with E-state index in [0.29, 0.717) is 34.3 Å². The zero-order chi connectivity index (χ0) is 23.5. The number of hydrogen-bond acceptors (Lipinski definition) is 6. The molecule has 1 fully saturated rings. The minimum atomic E-state index is -0.470. The van der Waals surface area contributed by atoms with Crippen molar-refractivity contribution in [3.63, 3.8) is 0 Å². The summed E-state index contributed by atoms with van der Waals surface area (Å²) in [6.45, 7) is 4.15. The zero-order valence-corrected chi connectivity index (χ0v) is 19.4. The van der Waals surface area contributed by atoms with E-state index < -0.39 is 11.7 Å². The molecule has 0 unspecified atom stereocenters. The first kappa shape index (κ1) is 22.2. The van der Waals surface area contributed by atoms with Gasteiger partial charge in [-0.05, 0) is 61.7 Å². The van der Waals surface area contributed by atoms with E-state index in [0.717, 1.165) is 37.1 Å². The molecular formula is C26H23FN2O4S. The molecular weight excluding hydrogens is 455 g/mol. The van der Waals surface area contributed by atoms with Crippen LogP contribution in [0.15, 0.2) is 76.0 Å². The van der Waals surface area contributed by atoms with E-state index in [2.05, 4.69) is 9.62 Å². The van der Waals surface area contributed by atoms with Gasteiger partial charge >= 0.3 is 0 Å². The van der Waals surface area contributed by atoms with Crippen LogP contribution in [0.1, 0.15) is 23.9 Å². The van der Waals surface area contributed by atoms with E-state index in [-0.39, 0.29) is 11.1 Å². The van der Waals surface area contributed by atoms with Crippen LogP contribution in [0.25, 0.3) is 11.0 Å². The lowest BCUT2D eigenvalue weighted by Crippen LogP contribution is -2.36. The fourth-order valence-electron chi connectivity index (χ4n) is 3.63. The lowest BCUT2D eigenvalue weighted by Gasteiger charge is -2.33. The highest BCUT2D eigenvalue weighted by atomic mass is 32.2. The summed E-state index contributed by atoms with van der Waals surface area (Å²) in [6.07, 6.45) is 1.09. The molecule has 3 aromatic carbocycles. The highest BCUT2D eigenvalue weighted by Gasteiger charge is 2.20. The van der Waals surface area contributed by atoms with Gasteiger partial charge in [-0.1, -0.05) is 18.2 Å². The van der Waals surface area contributed by atoms with Crippen molar-refractivity contribution in [1.29, 1.82) is 0 Å². The Morgan fingerprint density at radius 3 is 2.65 bits per heavy atom. The molecule has 4 aromatic rings. The number of nitrogens with zero attached hydrogens (tertiary/aromatic N) is 1. The van der Waals surface area contributed by atoms with E-state index in [9.17, 15) is 9.18 Å². The first-order chi connectivity index (χ1) is 16.6. The van der Waals surface area contributed by atoms with Crippen molar-refractivity contribution in [2.45, 2.75) is 18.2 Å². The monoisotopic (exact) mass is 478 g/mol. The molecule has 1 aliphatic rings. The summed E-state index contributed by atoms with van der Waals surface area (Å²) in [7, 11) is 0. The maximum atomic E-state index is 14.6. The summed E-state index contributed by atoms with van der Waals surface area (Å²) in [5, 5.41) is 0.285. The smallest absolute Gasteiger partial charge is 0.297 e. The molecule has 34 heavy (non-hydrogen) atoms. The molecule has 0 radical (unpaired) electrons. The number of benzene rings is 3. The van der Waals surface area contributed by atoms with E-state index in [4.69, 9.17) is 13.9 Å². The summed E-state index contributed by atoms with van der Waals surface area (Å²) < 4.78 is 34.6. The number of rotatable bonds is 8. The first-order valence-corrected chi connectivity index (χ1v) is 11.9. The van der Waals surface area contributed by atoms with Gasteiger partial charge in [0.2, 0.25) is 0 Å². The van der Waals surface area contributed by atoms with Gasteiger partial charge in [0.05, 0.1) is 16.9 Å². The van der Waals surface area contributed by atoms with Gasteiger partial charge in [-0.2, -0.15) is 0 Å². The molecule has 0 bridgehead atoms. The SMILES string of the molecule is CCOc1ccc(Oc2ccccc2)cc1SNC(=O)c1cc2c(F)cc(N3CCC3)cc2o1. The van der Waals surface area contributed by atoms with Crippen molar-refractivity contribution in [3.8, 4) is 17.2 Å². The third-order valence-electron chi connectivity index (χ3n) is 5.46. The third kappa shape index (κ3) is 4.68. The Bertz CT molecular complexity index is 1320. The van der Waals surface area contributed by atoms with Crippen molar-refractivity contribution in [2.24, 2.45) is 0 Å². The summed E-state index contributed by atoms with van der Waals surface area (Å²) in [6, 6.07) is 19.5. The Kier molecular flexibility index (Phi) is 6.31. The van der Waals surface area contributed by atoms with Gasteiger partial charge in [0.15, 0.2) is 5.76 Å². The van der Waals surface area contributed by atoms with E-state index in [1.807, 2.05) is 43.3 Å². The topological polar surface area (TPSA) is 63.9 Å². The van der Waals surface area contributed by atoms with Crippen molar-refractivity contribution < 1.29 is 23.1 Å². The number of fused-ring (bicyclic) bond motifs is 1. The van der Waals surface area contributed by atoms with Crippen LogP contribution >= 0.6 is 11.9 Å². The summed E-state index contributed by atoms with van der Waals surface area (Å²) >= 11 is 1.08. The van der Waals surface area contributed by atoms with Crippen molar-refractivity contribution in [1.82, 2.24) is 4.72 Å². The van der Waals surface area contributed by atoms with Gasteiger partial charge in [-0.15, -0.1) is 0 Å². The van der Waals surface area contributed by atoms with E-state index in [1.54, 1.807) is 18.2 Å². The molecule has 0 spiro atoms. The lowest BCUT2D eigenvalue weighted by molar-refractivity contribution is 0.0959. The van der Waals surface area contributed by atoms with Crippen molar-refractivity contribution >= 4 is 34.5 Å². The quantitative estimate of drug-likeness (QED) is 0.295. The predicted octanol–water partition coefficient (Wildman–Crippen LogP) is 6.41. The molecule has 1 amide bonds. The molecule has 5 rings (SSSR count). The number of hydrogen-bond donors (Lipinski definition) is 1. The molecule has 8 heteroatoms. The number of para-hydroxylation sites is 1. The van der Waals surface area contributed by atoms with Crippen LogP contribution in [0.3, 0.4) is 0 Å². The fraction of sp³-hybridized carbons (Fsp3) is 0.192. The number of furan rings is 1. The van der Waals surface area contributed by atoms with Crippen molar-refractivity contribution in [3.05, 3.63) is 78.3 Å². The molecule has 0 atom stereocenters. The first-order valence-electron chi connectivity index (χ1n) is 11.1. The highest BCUT2D eigenvalue weighted by Crippen LogP contribution is 2.34. The molecule has 0 aliphatic carbocycles. The molecule has 174 valence electrons. The molecule has 1 N–H and O–H groups in total. The molecule has 6 nitrogen and oxygen atoms in total. The maximum absolute atomic E-state index is 14.6. The summed E-state index contributed by atoms with van der Waals surface area (Å²) in [5.74, 6) is 1.09. The second-order valence-corrected chi connectivity index (χ2v) is 8.63. The van der Waals surface area contributed by atoms with Crippen LogP contribution in [-0.2, 0) is 0 Å².